The average Bonchev–Trinajstić information content (AvgIpc) is 2.99. The van der Waals surface area contributed by atoms with Crippen molar-refractivity contribution < 1.29 is 4.79 Å². The van der Waals surface area contributed by atoms with E-state index >= 15 is 0 Å². The maximum absolute atomic E-state index is 12.6. The van der Waals surface area contributed by atoms with E-state index in [-0.39, 0.29) is 5.91 Å². The van der Waals surface area contributed by atoms with Crippen molar-refractivity contribution in [2.24, 2.45) is 0 Å². The summed E-state index contributed by atoms with van der Waals surface area (Å²) in [5, 5.41) is 0. The number of piperazine rings is 1. The number of fused-ring (bicyclic) bond motifs is 1. The third-order valence-electron chi connectivity index (χ3n) is 4.81. The van der Waals surface area contributed by atoms with Crippen molar-refractivity contribution >= 4 is 17.5 Å². The van der Waals surface area contributed by atoms with Crippen LogP contribution in [0.4, 0.5) is 11.6 Å². The first-order chi connectivity index (χ1) is 11.8. The van der Waals surface area contributed by atoms with Crippen molar-refractivity contribution in [1.29, 1.82) is 0 Å². The lowest BCUT2D eigenvalue weighted by atomic mass is 10.2. The molecule has 0 N–H and O–H groups in total. The SMILES string of the molecule is CCN1CCN(c2ncc3c(n2)CN(c2ccccc2)C3=O)CC1. The topological polar surface area (TPSA) is 52.6 Å². The summed E-state index contributed by atoms with van der Waals surface area (Å²) in [5.74, 6) is 0.728. The van der Waals surface area contributed by atoms with Crippen LogP contribution in [0.2, 0.25) is 0 Å². The Kier molecular flexibility index (Phi) is 3.90. The van der Waals surface area contributed by atoms with Gasteiger partial charge in [0.05, 0.1) is 17.8 Å². The van der Waals surface area contributed by atoms with Crippen molar-refractivity contribution in [3.05, 3.63) is 47.8 Å². The third kappa shape index (κ3) is 2.63. The van der Waals surface area contributed by atoms with Crippen molar-refractivity contribution in [3.8, 4) is 0 Å². The Morgan fingerprint density at radius 3 is 2.54 bits per heavy atom. The zero-order valence-corrected chi connectivity index (χ0v) is 13.9. The number of amides is 1. The minimum Gasteiger partial charge on any atom is -0.338 e. The summed E-state index contributed by atoms with van der Waals surface area (Å²) in [4.78, 5) is 28.1. The molecular formula is C18H21N5O. The van der Waals surface area contributed by atoms with Crippen molar-refractivity contribution in [2.75, 3.05) is 42.5 Å². The first-order valence-electron chi connectivity index (χ1n) is 8.46. The fourth-order valence-electron chi connectivity index (χ4n) is 3.31. The summed E-state index contributed by atoms with van der Waals surface area (Å²) in [6.07, 6.45) is 1.69. The van der Waals surface area contributed by atoms with Gasteiger partial charge in [-0.3, -0.25) is 4.79 Å². The lowest BCUT2D eigenvalue weighted by molar-refractivity contribution is 0.0996. The van der Waals surface area contributed by atoms with Gasteiger partial charge in [-0.25, -0.2) is 9.97 Å². The number of hydrogen-bond donors (Lipinski definition) is 0. The minimum absolute atomic E-state index is 0.0152. The van der Waals surface area contributed by atoms with Crippen molar-refractivity contribution in [1.82, 2.24) is 14.9 Å². The summed E-state index contributed by atoms with van der Waals surface area (Å²) in [7, 11) is 0. The molecule has 4 rings (SSSR count). The molecule has 6 nitrogen and oxygen atoms in total. The van der Waals surface area contributed by atoms with Gasteiger partial charge in [0.2, 0.25) is 5.95 Å². The summed E-state index contributed by atoms with van der Waals surface area (Å²) >= 11 is 0. The van der Waals surface area contributed by atoms with Gasteiger partial charge in [-0.05, 0) is 18.7 Å². The van der Waals surface area contributed by atoms with Crippen molar-refractivity contribution in [2.45, 2.75) is 13.5 Å². The zero-order chi connectivity index (χ0) is 16.5. The third-order valence-corrected chi connectivity index (χ3v) is 4.81. The molecule has 2 aromatic rings. The van der Waals surface area contributed by atoms with E-state index in [1.54, 1.807) is 11.1 Å². The second-order valence-electron chi connectivity index (χ2n) is 6.18. The lowest BCUT2D eigenvalue weighted by Crippen LogP contribution is -2.46. The van der Waals surface area contributed by atoms with E-state index in [2.05, 4.69) is 26.7 Å². The molecule has 124 valence electrons. The van der Waals surface area contributed by atoms with Crippen LogP contribution >= 0.6 is 0 Å². The average molecular weight is 323 g/mol. The summed E-state index contributed by atoms with van der Waals surface area (Å²) in [6, 6.07) is 9.72. The van der Waals surface area contributed by atoms with Gasteiger partial charge in [-0.2, -0.15) is 0 Å². The maximum Gasteiger partial charge on any atom is 0.262 e. The number of rotatable bonds is 3. The van der Waals surface area contributed by atoms with Crippen LogP contribution in [0.5, 0.6) is 0 Å². The highest BCUT2D eigenvalue weighted by molar-refractivity contribution is 6.09. The number of likely N-dealkylation sites (N-methyl/N-ethyl adjacent to an activating group) is 1. The van der Waals surface area contributed by atoms with Gasteiger partial charge in [0, 0.05) is 38.1 Å². The first-order valence-corrected chi connectivity index (χ1v) is 8.46. The molecular weight excluding hydrogens is 302 g/mol. The molecule has 0 unspecified atom stereocenters. The van der Waals surface area contributed by atoms with E-state index < -0.39 is 0 Å². The Morgan fingerprint density at radius 1 is 1.08 bits per heavy atom. The highest BCUT2D eigenvalue weighted by atomic mass is 16.2. The fourth-order valence-corrected chi connectivity index (χ4v) is 3.31. The molecule has 0 aliphatic carbocycles. The molecule has 1 aromatic carbocycles. The summed E-state index contributed by atoms with van der Waals surface area (Å²) < 4.78 is 0. The lowest BCUT2D eigenvalue weighted by Gasteiger charge is -2.34. The van der Waals surface area contributed by atoms with E-state index in [9.17, 15) is 4.79 Å². The van der Waals surface area contributed by atoms with Crippen LogP contribution in [0, 0.1) is 0 Å². The van der Waals surface area contributed by atoms with Crippen LogP contribution < -0.4 is 9.80 Å². The number of para-hydroxylation sites is 1. The molecule has 1 amide bonds. The Labute approximate surface area is 141 Å². The number of aromatic nitrogens is 2. The second kappa shape index (κ2) is 6.20. The number of carbonyl (C=O) groups is 1. The van der Waals surface area contributed by atoms with Gasteiger partial charge < -0.3 is 14.7 Å². The Morgan fingerprint density at radius 2 is 1.83 bits per heavy atom. The molecule has 1 aromatic heterocycles. The van der Waals surface area contributed by atoms with Crippen LogP contribution in [-0.2, 0) is 6.54 Å². The van der Waals surface area contributed by atoms with E-state index in [0.717, 1.165) is 50.1 Å². The molecule has 0 atom stereocenters. The number of anilines is 2. The van der Waals surface area contributed by atoms with Gasteiger partial charge >= 0.3 is 0 Å². The predicted octanol–water partition coefficient (Wildman–Crippen LogP) is 1.78. The second-order valence-corrected chi connectivity index (χ2v) is 6.18. The summed E-state index contributed by atoms with van der Waals surface area (Å²) in [6.45, 7) is 7.72. The Hall–Kier alpha value is -2.47. The normalized spacial score (nSPS) is 18.1. The number of benzene rings is 1. The quantitative estimate of drug-likeness (QED) is 0.862. The molecule has 0 spiro atoms. The van der Waals surface area contributed by atoms with Gasteiger partial charge in [-0.15, -0.1) is 0 Å². The molecule has 24 heavy (non-hydrogen) atoms. The molecule has 1 saturated heterocycles. The highest BCUT2D eigenvalue weighted by Crippen LogP contribution is 2.27. The predicted molar refractivity (Wildman–Crippen MR) is 93.3 cm³/mol. The van der Waals surface area contributed by atoms with E-state index in [1.807, 2.05) is 30.3 Å². The smallest absolute Gasteiger partial charge is 0.262 e. The van der Waals surface area contributed by atoms with E-state index in [1.165, 1.54) is 0 Å². The largest absolute Gasteiger partial charge is 0.338 e. The van der Waals surface area contributed by atoms with Crippen LogP contribution in [0.3, 0.4) is 0 Å². The standard InChI is InChI=1S/C18H21N5O/c1-2-21-8-10-22(11-9-21)18-19-12-15-16(20-18)13-23(17(15)24)14-6-4-3-5-7-14/h3-7,12H,2,8-11,13H2,1H3. The van der Waals surface area contributed by atoms with Crippen LogP contribution in [0.25, 0.3) is 0 Å². The van der Waals surface area contributed by atoms with E-state index in [0.29, 0.717) is 12.1 Å². The van der Waals surface area contributed by atoms with Gasteiger partial charge in [-0.1, -0.05) is 25.1 Å². The summed E-state index contributed by atoms with van der Waals surface area (Å²) in [5.41, 5.74) is 2.35. The number of carbonyl (C=O) groups excluding carboxylic acids is 1. The Bertz CT molecular complexity index is 740. The highest BCUT2D eigenvalue weighted by Gasteiger charge is 2.31. The first kappa shape index (κ1) is 15.1. The number of hydrogen-bond acceptors (Lipinski definition) is 5. The molecule has 0 saturated carbocycles. The molecule has 0 radical (unpaired) electrons. The van der Waals surface area contributed by atoms with Gasteiger partial charge in [0.15, 0.2) is 0 Å². The van der Waals surface area contributed by atoms with Gasteiger partial charge in [0.25, 0.3) is 5.91 Å². The molecule has 3 heterocycles. The van der Waals surface area contributed by atoms with E-state index in [4.69, 9.17) is 0 Å². The van der Waals surface area contributed by atoms with Gasteiger partial charge in [0.1, 0.15) is 0 Å². The van der Waals surface area contributed by atoms with Crippen LogP contribution in [0.1, 0.15) is 23.0 Å². The molecule has 6 heteroatoms. The maximum atomic E-state index is 12.6. The molecule has 2 aliphatic rings. The molecule has 1 fully saturated rings. The number of nitrogens with zero attached hydrogens (tertiary/aromatic N) is 5. The molecule has 0 bridgehead atoms. The monoisotopic (exact) mass is 323 g/mol. The fraction of sp³-hybridized carbons (Fsp3) is 0.389. The van der Waals surface area contributed by atoms with Crippen molar-refractivity contribution in [3.63, 3.8) is 0 Å². The van der Waals surface area contributed by atoms with Crippen LogP contribution in [0.15, 0.2) is 36.5 Å². The van der Waals surface area contributed by atoms with Crippen LogP contribution in [-0.4, -0.2) is 53.5 Å². The molecule has 2 aliphatic heterocycles. The Balaban J connectivity index is 1.55. The minimum atomic E-state index is -0.0152. The zero-order valence-electron chi connectivity index (χ0n) is 13.9.